The number of benzene rings is 1. The van der Waals surface area contributed by atoms with Crippen molar-refractivity contribution in [1.29, 1.82) is 0 Å². The number of fused-ring (bicyclic) bond motifs is 1. The monoisotopic (exact) mass is 375 g/mol. The lowest BCUT2D eigenvalue weighted by Gasteiger charge is -2.32. The molecule has 0 spiro atoms. The summed E-state index contributed by atoms with van der Waals surface area (Å²) in [6.45, 7) is 4.21. The molecule has 1 aromatic carbocycles. The molecule has 0 aliphatic carbocycles. The van der Waals surface area contributed by atoms with Gasteiger partial charge in [-0.05, 0) is 32.2 Å². The molecule has 3 heterocycles. The molecule has 2 saturated heterocycles. The first kappa shape index (κ1) is 18.7. The number of nitrogens with two attached hydrogens (primary N) is 1. The van der Waals surface area contributed by atoms with Crippen LogP contribution >= 0.6 is 11.6 Å². The maximum atomic E-state index is 10.9. The van der Waals surface area contributed by atoms with Crippen molar-refractivity contribution < 1.29 is 4.79 Å². The van der Waals surface area contributed by atoms with Crippen LogP contribution in [0.2, 0.25) is 5.02 Å². The maximum absolute atomic E-state index is 10.9. The number of hydrogen-bond donors (Lipinski definition) is 3. The fraction of sp³-hybridized carbons (Fsp3) is 0.412. The molecule has 2 aromatic rings. The number of carbonyl (C=O) groups is 1. The molecule has 0 radical (unpaired) electrons. The van der Waals surface area contributed by atoms with E-state index in [1.165, 1.54) is 0 Å². The molecule has 4 N–H and O–H groups in total. The number of nitrogens with zero attached hydrogens (tertiary/aromatic N) is 4. The van der Waals surface area contributed by atoms with Crippen LogP contribution in [0.5, 0.6) is 0 Å². The van der Waals surface area contributed by atoms with Gasteiger partial charge in [0.2, 0.25) is 0 Å². The van der Waals surface area contributed by atoms with Gasteiger partial charge >= 0.3 is 0 Å². The van der Waals surface area contributed by atoms with Gasteiger partial charge in [-0.2, -0.15) is 0 Å². The first-order chi connectivity index (χ1) is 12.4. The molecule has 138 valence electrons. The summed E-state index contributed by atoms with van der Waals surface area (Å²) in [5, 5.41) is 1.30. The smallest absolute Gasteiger partial charge is 0.195 e. The highest BCUT2D eigenvalue weighted by molar-refractivity contribution is 6.31. The Hall–Kier alpha value is -2.13. The molecule has 1 aromatic heterocycles. The van der Waals surface area contributed by atoms with Crippen LogP contribution < -0.4 is 16.6 Å². The molecule has 4 rings (SSSR count). The van der Waals surface area contributed by atoms with Gasteiger partial charge in [-0.1, -0.05) is 11.6 Å². The van der Waals surface area contributed by atoms with Crippen LogP contribution in [0.15, 0.2) is 23.2 Å². The average molecular weight is 376 g/mol. The van der Waals surface area contributed by atoms with E-state index < -0.39 is 0 Å². The van der Waals surface area contributed by atoms with E-state index in [1.807, 2.05) is 6.92 Å². The van der Waals surface area contributed by atoms with Crippen LogP contribution in [0.1, 0.15) is 24.0 Å². The Morgan fingerprint density at radius 2 is 2.15 bits per heavy atom. The summed E-state index contributed by atoms with van der Waals surface area (Å²) in [7, 11) is 2.07. The number of carbonyl (C=O) groups excluding carboxylic acids is 1. The Morgan fingerprint density at radius 3 is 2.69 bits per heavy atom. The molecule has 1 unspecified atom stereocenters. The summed E-state index contributed by atoms with van der Waals surface area (Å²) in [6, 6.07) is 5.99. The van der Waals surface area contributed by atoms with Crippen LogP contribution in [0.3, 0.4) is 0 Å². The zero-order chi connectivity index (χ0) is 18.7. The Balaban J connectivity index is 0.000000278. The van der Waals surface area contributed by atoms with E-state index in [0.29, 0.717) is 34.7 Å². The van der Waals surface area contributed by atoms with Crippen LogP contribution in [0, 0.1) is 0 Å². The van der Waals surface area contributed by atoms with E-state index in [4.69, 9.17) is 17.3 Å². The fourth-order valence-electron chi connectivity index (χ4n) is 2.79. The van der Waals surface area contributed by atoms with E-state index in [0.717, 1.165) is 30.7 Å². The summed E-state index contributed by atoms with van der Waals surface area (Å²) < 4.78 is 0. The van der Waals surface area contributed by atoms with Crippen LogP contribution in [0.25, 0.3) is 10.9 Å². The largest absolute Gasteiger partial charge is 0.325 e. The minimum absolute atomic E-state index is 0.109. The van der Waals surface area contributed by atoms with Crippen molar-refractivity contribution in [3.8, 4) is 0 Å². The van der Waals surface area contributed by atoms with Gasteiger partial charge in [-0.25, -0.2) is 20.4 Å². The summed E-state index contributed by atoms with van der Waals surface area (Å²) in [6.07, 6.45) is 1.38. The standard InChI is InChI=1S/C13H12ClN5O.C4H10N2/c1-7-4-11(19-18-7)16-13-9-5-8(14)2-3-10(9)15-12(6-20)17-13;1-6-2-4(5)3-6/h2-3,5-7,18H,4H2,1H3,(H,15,16,17,19);4H,2-3,5H2,1H3. The third kappa shape index (κ3) is 4.53. The molecule has 0 saturated carbocycles. The van der Waals surface area contributed by atoms with Crippen molar-refractivity contribution in [3.63, 3.8) is 0 Å². The zero-order valence-electron chi connectivity index (χ0n) is 14.7. The summed E-state index contributed by atoms with van der Waals surface area (Å²) in [4.78, 5) is 25.9. The summed E-state index contributed by atoms with van der Waals surface area (Å²) in [5.41, 5.74) is 12.1. The molecule has 0 amide bonds. The molecule has 9 heteroatoms. The second-order valence-corrected chi connectivity index (χ2v) is 7.04. The molecule has 26 heavy (non-hydrogen) atoms. The van der Waals surface area contributed by atoms with Gasteiger partial charge in [0.25, 0.3) is 0 Å². The molecule has 2 aliphatic rings. The number of aromatic nitrogens is 2. The average Bonchev–Trinajstić information content (AvgIpc) is 2.99. The third-order valence-corrected chi connectivity index (χ3v) is 4.29. The minimum Gasteiger partial charge on any atom is -0.325 e. The third-order valence-electron chi connectivity index (χ3n) is 4.06. The van der Waals surface area contributed by atoms with Crippen LogP contribution in [-0.4, -0.2) is 59.2 Å². The molecule has 1 atom stereocenters. The lowest BCUT2D eigenvalue weighted by Crippen LogP contribution is -2.53. The van der Waals surface area contributed by atoms with Gasteiger partial charge < -0.3 is 16.1 Å². The minimum atomic E-state index is 0.109. The predicted molar refractivity (Wildman–Crippen MR) is 103 cm³/mol. The first-order valence-electron chi connectivity index (χ1n) is 8.40. The number of aldehydes is 1. The van der Waals surface area contributed by atoms with Crippen molar-refractivity contribution in [2.24, 2.45) is 10.7 Å². The highest BCUT2D eigenvalue weighted by Gasteiger charge is 2.17. The van der Waals surface area contributed by atoms with E-state index >= 15 is 0 Å². The maximum Gasteiger partial charge on any atom is 0.195 e. The van der Waals surface area contributed by atoms with Crippen LogP contribution in [-0.2, 0) is 0 Å². The highest BCUT2D eigenvalue weighted by atomic mass is 35.5. The number of halogens is 1. The Labute approximate surface area is 156 Å². The summed E-state index contributed by atoms with van der Waals surface area (Å²) >= 11 is 6.00. The number of hydrogen-bond acceptors (Lipinski definition) is 7. The molecule has 8 nitrogen and oxygen atoms in total. The summed E-state index contributed by atoms with van der Waals surface area (Å²) in [5.74, 6) is 1.32. The number of likely N-dealkylation sites (N-methyl/N-ethyl adjacent to an activating group) is 1. The van der Waals surface area contributed by atoms with Crippen LogP contribution in [0.4, 0.5) is 5.82 Å². The van der Waals surface area contributed by atoms with Crippen molar-refractivity contribution in [1.82, 2.24) is 25.7 Å². The van der Waals surface area contributed by atoms with Gasteiger partial charge in [0.15, 0.2) is 17.9 Å². The van der Waals surface area contributed by atoms with E-state index in [-0.39, 0.29) is 5.82 Å². The number of nitrogens with one attached hydrogen (secondary N) is 2. The predicted octanol–water partition coefficient (Wildman–Crippen LogP) is 1.27. The molecule has 2 fully saturated rings. The van der Waals surface area contributed by atoms with Gasteiger partial charge in [0.1, 0.15) is 5.84 Å². The Kier molecular flexibility index (Phi) is 5.77. The molecular formula is C17H22ClN7O. The lowest BCUT2D eigenvalue weighted by molar-refractivity contribution is 0.111. The second kappa shape index (κ2) is 8.05. The van der Waals surface area contributed by atoms with Crippen molar-refractivity contribution in [3.05, 3.63) is 29.0 Å². The molecule has 0 bridgehead atoms. The number of rotatable bonds is 2. The number of likely N-dealkylation sites (tertiary alicyclic amines) is 1. The second-order valence-electron chi connectivity index (χ2n) is 6.60. The lowest BCUT2D eigenvalue weighted by atomic mass is 10.2. The topological polar surface area (TPSA) is 109 Å². The Bertz CT molecular complexity index is 829. The van der Waals surface area contributed by atoms with Gasteiger partial charge in [0, 0.05) is 42.0 Å². The van der Waals surface area contributed by atoms with E-state index in [1.54, 1.807) is 18.2 Å². The number of amidine groups is 1. The normalized spacial score (nSPS) is 21.8. The highest BCUT2D eigenvalue weighted by Crippen LogP contribution is 2.26. The van der Waals surface area contributed by atoms with Crippen molar-refractivity contribution in [2.75, 3.05) is 20.1 Å². The number of hydrazine groups is 1. The molecule has 2 aliphatic heterocycles. The van der Waals surface area contributed by atoms with E-state index in [9.17, 15) is 4.79 Å². The SMILES string of the molecule is CC1CC(=Nc2nc(C=O)nc3ccc(Cl)cc23)NN1.CN1CC(N)C1. The Morgan fingerprint density at radius 1 is 1.38 bits per heavy atom. The van der Waals surface area contributed by atoms with E-state index in [2.05, 4.69) is 37.8 Å². The first-order valence-corrected chi connectivity index (χ1v) is 8.78. The fourth-order valence-corrected chi connectivity index (χ4v) is 2.96. The van der Waals surface area contributed by atoms with Gasteiger partial charge in [-0.3, -0.25) is 4.79 Å². The number of aliphatic imine (C=N–C) groups is 1. The van der Waals surface area contributed by atoms with Gasteiger partial charge in [-0.15, -0.1) is 0 Å². The van der Waals surface area contributed by atoms with Gasteiger partial charge in [0.05, 0.1) is 5.52 Å². The zero-order valence-corrected chi connectivity index (χ0v) is 15.5. The van der Waals surface area contributed by atoms with Crippen molar-refractivity contribution >= 4 is 40.4 Å². The molecular weight excluding hydrogens is 354 g/mol. The quantitative estimate of drug-likeness (QED) is 0.678. The van der Waals surface area contributed by atoms with Crippen molar-refractivity contribution in [2.45, 2.75) is 25.4 Å².